The van der Waals surface area contributed by atoms with Crippen molar-refractivity contribution < 1.29 is 4.79 Å². The Hall–Kier alpha value is -2.16. The molecule has 1 amide bonds. The summed E-state index contributed by atoms with van der Waals surface area (Å²) in [5.41, 5.74) is 2.41. The first-order valence-corrected chi connectivity index (χ1v) is 8.65. The van der Waals surface area contributed by atoms with E-state index in [1.165, 1.54) is 0 Å². The molecule has 0 fully saturated rings. The van der Waals surface area contributed by atoms with Crippen molar-refractivity contribution >= 4 is 27.5 Å². The minimum absolute atomic E-state index is 0.102. The van der Waals surface area contributed by atoms with Crippen LogP contribution in [0.2, 0.25) is 0 Å². The maximum atomic E-state index is 12.4. The number of halogens is 1. The van der Waals surface area contributed by atoms with Gasteiger partial charge in [0, 0.05) is 16.2 Å². The summed E-state index contributed by atoms with van der Waals surface area (Å²) < 4.78 is 1.03. The molecule has 2 N–H and O–H groups in total. The quantitative estimate of drug-likeness (QED) is 0.774. The van der Waals surface area contributed by atoms with Crippen LogP contribution in [0.4, 0.5) is 5.69 Å². The molecule has 0 heterocycles. The Morgan fingerprint density at radius 3 is 2.33 bits per heavy atom. The average Bonchev–Trinajstić information content (AvgIpc) is 2.61. The second-order valence-electron chi connectivity index (χ2n) is 5.58. The number of nitrogens with one attached hydrogen (secondary N) is 2. The number of carbonyl (C=O) groups is 1. The van der Waals surface area contributed by atoms with Crippen LogP contribution in [0.1, 0.15) is 37.4 Å². The molecule has 4 nitrogen and oxygen atoms in total. The van der Waals surface area contributed by atoms with Crippen molar-refractivity contribution in [3.8, 4) is 6.07 Å². The third kappa shape index (κ3) is 4.92. The molecule has 0 aromatic heterocycles. The number of benzene rings is 2. The maximum Gasteiger partial charge on any atom is 0.241 e. The summed E-state index contributed by atoms with van der Waals surface area (Å²) in [5, 5.41) is 15.0. The SMILES string of the molecule is CC[C@@H](N[C@H](C)C(=O)Nc1ccc(C#N)cc1)c1ccc(Br)cc1. The monoisotopic (exact) mass is 385 g/mol. The first-order chi connectivity index (χ1) is 11.5. The number of nitrogens with zero attached hydrogens (tertiary/aromatic N) is 1. The Bertz CT molecular complexity index is 720. The predicted molar refractivity (Wildman–Crippen MR) is 99.6 cm³/mol. The average molecular weight is 386 g/mol. The molecule has 2 atom stereocenters. The third-order valence-corrected chi connectivity index (χ3v) is 4.34. The molecule has 5 heteroatoms. The largest absolute Gasteiger partial charge is 0.325 e. The van der Waals surface area contributed by atoms with Crippen molar-refractivity contribution in [3.63, 3.8) is 0 Å². The van der Waals surface area contributed by atoms with Gasteiger partial charge in [0.05, 0.1) is 17.7 Å². The van der Waals surface area contributed by atoms with Crippen LogP contribution in [-0.2, 0) is 4.79 Å². The molecule has 2 aromatic carbocycles. The van der Waals surface area contributed by atoms with Crippen LogP contribution in [0.3, 0.4) is 0 Å². The van der Waals surface area contributed by atoms with Gasteiger partial charge in [0.15, 0.2) is 0 Å². The minimum Gasteiger partial charge on any atom is -0.325 e. The van der Waals surface area contributed by atoms with E-state index >= 15 is 0 Å². The van der Waals surface area contributed by atoms with Crippen LogP contribution in [-0.4, -0.2) is 11.9 Å². The first-order valence-electron chi connectivity index (χ1n) is 7.86. The van der Waals surface area contributed by atoms with E-state index in [9.17, 15) is 4.79 Å². The summed E-state index contributed by atoms with van der Waals surface area (Å²) in [6, 6.07) is 16.8. The van der Waals surface area contributed by atoms with Crippen LogP contribution in [0.5, 0.6) is 0 Å². The van der Waals surface area contributed by atoms with Gasteiger partial charge in [-0.2, -0.15) is 5.26 Å². The lowest BCUT2D eigenvalue weighted by Crippen LogP contribution is -2.40. The zero-order valence-electron chi connectivity index (χ0n) is 13.7. The van der Waals surface area contributed by atoms with E-state index in [-0.39, 0.29) is 18.0 Å². The Kier molecular flexibility index (Phi) is 6.53. The molecular weight excluding hydrogens is 366 g/mol. The number of hydrogen-bond donors (Lipinski definition) is 2. The van der Waals surface area contributed by atoms with E-state index in [1.54, 1.807) is 24.3 Å². The highest BCUT2D eigenvalue weighted by Crippen LogP contribution is 2.20. The second kappa shape index (κ2) is 8.62. The molecule has 0 bridgehead atoms. The Balaban J connectivity index is 1.98. The number of rotatable bonds is 6. The van der Waals surface area contributed by atoms with E-state index in [2.05, 4.69) is 51.7 Å². The van der Waals surface area contributed by atoms with Gasteiger partial charge in [0.1, 0.15) is 0 Å². The number of carbonyl (C=O) groups excluding carboxylic acids is 1. The highest BCUT2D eigenvalue weighted by atomic mass is 79.9. The van der Waals surface area contributed by atoms with Crippen LogP contribution in [0.15, 0.2) is 53.0 Å². The van der Waals surface area contributed by atoms with Crippen LogP contribution in [0.25, 0.3) is 0 Å². The fourth-order valence-electron chi connectivity index (χ4n) is 2.40. The molecule has 24 heavy (non-hydrogen) atoms. The summed E-state index contributed by atoms with van der Waals surface area (Å²) in [7, 11) is 0. The van der Waals surface area contributed by atoms with Gasteiger partial charge in [0.25, 0.3) is 0 Å². The van der Waals surface area contributed by atoms with Crippen LogP contribution in [0, 0.1) is 11.3 Å². The summed E-state index contributed by atoms with van der Waals surface area (Å²) in [6.07, 6.45) is 0.885. The molecule has 0 unspecified atom stereocenters. The third-order valence-electron chi connectivity index (χ3n) is 3.81. The lowest BCUT2D eigenvalue weighted by atomic mass is 10.0. The molecule has 124 valence electrons. The zero-order valence-corrected chi connectivity index (χ0v) is 15.3. The highest BCUT2D eigenvalue weighted by molar-refractivity contribution is 9.10. The fourth-order valence-corrected chi connectivity index (χ4v) is 2.67. The van der Waals surface area contributed by atoms with Crippen molar-refractivity contribution in [2.45, 2.75) is 32.4 Å². The van der Waals surface area contributed by atoms with Crippen molar-refractivity contribution in [1.82, 2.24) is 5.32 Å². The van der Waals surface area contributed by atoms with Crippen molar-refractivity contribution in [2.75, 3.05) is 5.32 Å². The number of anilines is 1. The number of nitriles is 1. The maximum absolute atomic E-state index is 12.4. The summed E-state index contributed by atoms with van der Waals surface area (Å²) in [4.78, 5) is 12.4. The Labute approximate surface area is 151 Å². The van der Waals surface area contributed by atoms with Gasteiger partial charge in [-0.1, -0.05) is 35.0 Å². The van der Waals surface area contributed by atoms with Crippen molar-refractivity contribution in [1.29, 1.82) is 5.26 Å². The van der Waals surface area contributed by atoms with Gasteiger partial charge >= 0.3 is 0 Å². The standard InChI is InChI=1S/C19H20BrN3O/c1-3-18(15-6-8-16(20)9-7-15)22-13(2)19(24)23-17-10-4-14(12-21)5-11-17/h4-11,13,18,22H,3H2,1-2H3,(H,23,24)/t13-,18-/m1/s1. The number of hydrogen-bond acceptors (Lipinski definition) is 3. The predicted octanol–water partition coefficient (Wildman–Crippen LogP) is 4.39. The van der Waals surface area contributed by atoms with E-state index in [0.29, 0.717) is 11.3 Å². The zero-order chi connectivity index (χ0) is 17.5. The molecule has 2 aromatic rings. The molecule has 2 rings (SSSR count). The van der Waals surface area contributed by atoms with Gasteiger partial charge in [-0.05, 0) is 55.3 Å². The lowest BCUT2D eigenvalue weighted by molar-refractivity contribution is -0.118. The summed E-state index contributed by atoms with van der Waals surface area (Å²) >= 11 is 3.43. The molecule has 0 radical (unpaired) electrons. The van der Waals surface area contributed by atoms with E-state index < -0.39 is 0 Å². The number of amides is 1. The molecule has 0 saturated carbocycles. The molecule has 0 aliphatic rings. The van der Waals surface area contributed by atoms with Gasteiger partial charge in [-0.15, -0.1) is 0 Å². The van der Waals surface area contributed by atoms with Crippen LogP contribution >= 0.6 is 15.9 Å². The lowest BCUT2D eigenvalue weighted by Gasteiger charge is -2.22. The van der Waals surface area contributed by atoms with Crippen molar-refractivity contribution in [2.24, 2.45) is 0 Å². The second-order valence-corrected chi connectivity index (χ2v) is 6.49. The van der Waals surface area contributed by atoms with Crippen LogP contribution < -0.4 is 10.6 Å². The topological polar surface area (TPSA) is 64.9 Å². The Morgan fingerprint density at radius 1 is 1.17 bits per heavy atom. The first kappa shape index (κ1) is 18.2. The van der Waals surface area contributed by atoms with E-state index in [0.717, 1.165) is 16.5 Å². The summed E-state index contributed by atoms with van der Waals surface area (Å²) in [6.45, 7) is 3.94. The normalized spacial score (nSPS) is 12.9. The van der Waals surface area contributed by atoms with E-state index in [4.69, 9.17) is 5.26 Å². The minimum atomic E-state index is -0.339. The smallest absolute Gasteiger partial charge is 0.241 e. The molecular formula is C19H20BrN3O. The van der Waals surface area contributed by atoms with E-state index in [1.807, 2.05) is 19.1 Å². The summed E-state index contributed by atoms with van der Waals surface area (Å²) in [5.74, 6) is -0.102. The van der Waals surface area contributed by atoms with Crippen molar-refractivity contribution in [3.05, 3.63) is 64.1 Å². The molecule has 0 spiro atoms. The van der Waals surface area contributed by atoms with Gasteiger partial charge in [-0.3, -0.25) is 10.1 Å². The highest BCUT2D eigenvalue weighted by Gasteiger charge is 2.18. The van der Waals surface area contributed by atoms with Gasteiger partial charge in [-0.25, -0.2) is 0 Å². The Morgan fingerprint density at radius 2 is 1.79 bits per heavy atom. The molecule has 0 saturated heterocycles. The molecule has 0 aliphatic carbocycles. The van der Waals surface area contributed by atoms with Gasteiger partial charge in [0.2, 0.25) is 5.91 Å². The fraction of sp³-hybridized carbons (Fsp3) is 0.263. The van der Waals surface area contributed by atoms with Gasteiger partial charge < -0.3 is 5.32 Å². The molecule has 0 aliphatic heterocycles.